The molecule has 2 aromatic rings. The molecule has 6 heteroatoms. The maximum atomic E-state index is 13.0. The number of aliphatic hydroxyl groups excluding tert-OH is 1. The van der Waals surface area contributed by atoms with E-state index in [1.807, 2.05) is 23.1 Å². The molecular formula is C22H25N3O3. The Morgan fingerprint density at radius 1 is 1.07 bits per heavy atom. The summed E-state index contributed by atoms with van der Waals surface area (Å²) in [6, 6.07) is 16.9. The zero-order chi connectivity index (χ0) is 19.5. The fourth-order valence-corrected chi connectivity index (χ4v) is 4.04. The second kappa shape index (κ2) is 8.12. The van der Waals surface area contributed by atoms with Crippen LogP contribution in [0.2, 0.25) is 0 Å². The number of hydrogen-bond acceptors (Lipinski definition) is 4. The predicted octanol–water partition coefficient (Wildman–Crippen LogP) is 2.33. The highest BCUT2D eigenvalue weighted by molar-refractivity contribution is 5.97. The van der Waals surface area contributed by atoms with Crippen molar-refractivity contribution in [1.82, 2.24) is 10.2 Å². The number of benzene rings is 2. The number of nitrogens with zero attached hydrogens (tertiary/aromatic N) is 1. The van der Waals surface area contributed by atoms with Crippen molar-refractivity contribution < 1.29 is 14.7 Å². The average molecular weight is 379 g/mol. The summed E-state index contributed by atoms with van der Waals surface area (Å²) in [5, 5.41) is 15.4. The summed E-state index contributed by atoms with van der Waals surface area (Å²) >= 11 is 0. The van der Waals surface area contributed by atoms with Gasteiger partial charge < -0.3 is 20.6 Å². The van der Waals surface area contributed by atoms with Gasteiger partial charge in [0.25, 0.3) is 5.91 Å². The topological polar surface area (TPSA) is 81.7 Å². The molecule has 3 unspecified atom stereocenters. The quantitative estimate of drug-likeness (QED) is 0.762. The van der Waals surface area contributed by atoms with Crippen LogP contribution in [0.1, 0.15) is 41.2 Å². The minimum absolute atomic E-state index is 0.0183. The van der Waals surface area contributed by atoms with Gasteiger partial charge in [0, 0.05) is 24.3 Å². The molecule has 0 aliphatic carbocycles. The van der Waals surface area contributed by atoms with E-state index in [0.717, 1.165) is 19.4 Å². The normalized spacial score (nSPS) is 24.3. The van der Waals surface area contributed by atoms with Crippen LogP contribution in [0.5, 0.6) is 0 Å². The molecule has 2 amide bonds. The Bertz CT molecular complexity index is 838. The van der Waals surface area contributed by atoms with Gasteiger partial charge in [-0.3, -0.25) is 9.59 Å². The number of nitrogens with one attached hydrogen (secondary N) is 2. The molecule has 0 aromatic heterocycles. The lowest BCUT2D eigenvalue weighted by molar-refractivity contribution is -0.117. The highest BCUT2D eigenvalue weighted by Crippen LogP contribution is 2.33. The molecule has 3 atom stereocenters. The lowest BCUT2D eigenvalue weighted by Gasteiger charge is -2.25. The molecule has 0 radical (unpaired) electrons. The number of anilines is 1. The minimum atomic E-state index is -0.478. The monoisotopic (exact) mass is 379 g/mol. The molecule has 6 nitrogen and oxygen atoms in total. The molecule has 28 heavy (non-hydrogen) atoms. The molecule has 3 N–H and O–H groups in total. The van der Waals surface area contributed by atoms with Crippen molar-refractivity contribution in [3.63, 3.8) is 0 Å². The van der Waals surface area contributed by atoms with Crippen molar-refractivity contribution in [1.29, 1.82) is 0 Å². The van der Waals surface area contributed by atoms with Gasteiger partial charge in [0.2, 0.25) is 5.91 Å². The Balaban J connectivity index is 1.42. The zero-order valence-corrected chi connectivity index (χ0v) is 15.7. The predicted molar refractivity (Wildman–Crippen MR) is 107 cm³/mol. The second-order valence-electron chi connectivity index (χ2n) is 7.48. The number of aliphatic hydroxyl groups is 1. The van der Waals surface area contributed by atoms with E-state index in [2.05, 4.69) is 22.8 Å². The van der Waals surface area contributed by atoms with E-state index < -0.39 is 6.10 Å². The van der Waals surface area contributed by atoms with Gasteiger partial charge in [-0.2, -0.15) is 0 Å². The minimum Gasteiger partial charge on any atom is -0.392 e. The van der Waals surface area contributed by atoms with E-state index in [9.17, 15) is 14.7 Å². The largest absolute Gasteiger partial charge is 0.392 e. The van der Waals surface area contributed by atoms with E-state index in [-0.39, 0.29) is 23.9 Å². The second-order valence-corrected chi connectivity index (χ2v) is 7.48. The lowest BCUT2D eigenvalue weighted by Crippen LogP contribution is -2.35. The molecule has 4 rings (SSSR count). The first-order valence-corrected chi connectivity index (χ1v) is 9.80. The van der Waals surface area contributed by atoms with E-state index in [1.165, 1.54) is 5.56 Å². The molecule has 0 saturated carbocycles. The SMILES string of the molecule is O=C(Nc1ccc(C(=O)N2CCCC2c2ccccc2)cc1)C1CC(O)CN1. The first-order valence-electron chi connectivity index (χ1n) is 9.80. The summed E-state index contributed by atoms with van der Waals surface area (Å²) in [7, 11) is 0. The van der Waals surface area contributed by atoms with E-state index >= 15 is 0 Å². The van der Waals surface area contributed by atoms with Crippen molar-refractivity contribution in [3.05, 3.63) is 65.7 Å². The first-order chi connectivity index (χ1) is 13.6. The molecule has 0 spiro atoms. The number of rotatable bonds is 4. The number of carbonyl (C=O) groups is 2. The summed E-state index contributed by atoms with van der Waals surface area (Å²) in [6.45, 7) is 1.19. The van der Waals surface area contributed by atoms with Crippen molar-refractivity contribution in [3.8, 4) is 0 Å². The molecule has 2 aliphatic rings. The Morgan fingerprint density at radius 3 is 2.50 bits per heavy atom. The van der Waals surface area contributed by atoms with Gasteiger partial charge in [-0.05, 0) is 49.1 Å². The summed E-state index contributed by atoms with van der Waals surface area (Å²) in [5.41, 5.74) is 2.43. The molecule has 2 aliphatic heterocycles. The molecule has 2 fully saturated rings. The Hall–Kier alpha value is -2.70. The van der Waals surface area contributed by atoms with Crippen LogP contribution < -0.4 is 10.6 Å². The van der Waals surface area contributed by atoms with Gasteiger partial charge in [-0.15, -0.1) is 0 Å². The summed E-state index contributed by atoms with van der Waals surface area (Å²) in [4.78, 5) is 27.2. The lowest BCUT2D eigenvalue weighted by atomic mass is 10.0. The summed E-state index contributed by atoms with van der Waals surface area (Å²) in [5.74, 6) is -0.149. The van der Waals surface area contributed by atoms with Crippen molar-refractivity contribution >= 4 is 17.5 Å². The summed E-state index contributed by atoms with van der Waals surface area (Å²) in [6.07, 6.45) is 1.91. The molecule has 0 bridgehead atoms. The number of β-amino-alcohol motifs (C(OH)–C–C–N with tert-alkyl or cyclic N) is 1. The maximum Gasteiger partial charge on any atom is 0.254 e. The fourth-order valence-electron chi connectivity index (χ4n) is 4.04. The third-order valence-corrected chi connectivity index (χ3v) is 5.52. The molecular weight excluding hydrogens is 354 g/mol. The van der Waals surface area contributed by atoms with E-state index in [0.29, 0.717) is 24.2 Å². The highest BCUT2D eigenvalue weighted by Gasteiger charge is 2.31. The van der Waals surface area contributed by atoms with Crippen molar-refractivity contribution in [2.24, 2.45) is 0 Å². The number of carbonyl (C=O) groups excluding carboxylic acids is 2. The third-order valence-electron chi connectivity index (χ3n) is 5.52. The van der Waals surface area contributed by atoms with Crippen LogP contribution in [0.15, 0.2) is 54.6 Å². The average Bonchev–Trinajstić information content (AvgIpc) is 3.38. The van der Waals surface area contributed by atoms with Gasteiger partial charge in [0.05, 0.1) is 18.2 Å². The smallest absolute Gasteiger partial charge is 0.254 e. The van der Waals surface area contributed by atoms with E-state index in [1.54, 1.807) is 24.3 Å². The van der Waals surface area contributed by atoms with Gasteiger partial charge in [-0.25, -0.2) is 0 Å². The van der Waals surface area contributed by atoms with Gasteiger partial charge in [-0.1, -0.05) is 30.3 Å². The molecule has 2 heterocycles. The standard InChI is InChI=1S/C22H25N3O3/c26-18-13-19(23-14-18)21(27)24-17-10-8-16(9-11-17)22(28)25-12-4-7-20(25)15-5-2-1-3-6-15/h1-3,5-6,8-11,18-20,23,26H,4,7,12-14H2,(H,24,27). The van der Waals surface area contributed by atoms with Gasteiger partial charge in [0.1, 0.15) is 0 Å². The maximum absolute atomic E-state index is 13.0. The Morgan fingerprint density at radius 2 is 1.82 bits per heavy atom. The number of hydrogen-bond donors (Lipinski definition) is 3. The summed E-state index contributed by atoms with van der Waals surface area (Å²) < 4.78 is 0. The molecule has 2 saturated heterocycles. The highest BCUT2D eigenvalue weighted by atomic mass is 16.3. The number of amides is 2. The van der Waals surface area contributed by atoms with Crippen molar-refractivity contribution in [2.45, 2.75) is 37.5 Å². The van der Waals surface area contributed by atoms with Gasteiger partial charge >= 0.3 is 0 Å². The van der Waals surface area contributed by atoms with Crippen LogP contribution in [0.4, 0.5) is 5.69 Å². The molecule has 2 aromatic carbocycles. The zero-order valence-electron chi connectivity index (χ0n) is 15.7. The van der Waals surface area contributed by atoms with Crippen LogP contribution in [-0.2, 0) is 4.79 Å². The first kappa shape index (κ1) is 18.7. The van der Waals surface area contributed by atoms with Crippen LogP contribution in [0, 0.1) is 0 Å². The Labute approximate surface area is 164 Å². The Kier molecular flexibility index (Phi) is 5.41. The van der Waals surface area contributed by atoms with Crippen LogP contribution >= 0.6 is 0 Å². The number of likely N-dealkylation sites (tertiary alicyclic amines) is 1. The fraction of sp³-hybridized carbons (Fsp3) is 0.364. The van der Waals surface area contributed by atoms with Gasteiger partial charge in [0.15, 0.2) is 0 Å². The van der Waals surface area contributed by atoms with E-state index in [4.69, 9.17) is 0 Å². The van der Waals surface area contributed by atoms with Crippen LogP contribution in [0.3, 0.4) is 0 Å². The van der Waals surface area contributed by atoms with Crippen LogP contribution in [-0.4, -0.2) is 47.1 Å². The molecule has 146 valence electrons. The third kappa shape index (κ3) is 3.93. The van der Waals surface area contributed by atoms with Crippen LogP contribution in [0.25, 0.3) is 0 Å². The van der Waals surface area contributed by atoms with Crippen molar-refractivity contribution in [2.75, 3.05) is 18.4 Å².